The highest BCUT2D eigenvalue weighted by Crippen LogP contribution is 2.51. The summed E-state index contributed by atoms with van der Waals surface area (Å²) in [5.74, 6) is 0. The standard InChI is InChI=1S/C13H18F3NOS/c1-11(2)9-8(5-17-7-13(14,15)16)6-19-10(9)12(3,4)18-11/h6,17H,5,7H2,1-4H3. The first kappa shape index (κ1) is 14.8. The zero-order chi connectivity index (χ0) is 14.5. The van der Waals surface area contributed by atoms with Gasteiger partial charge in [-0.1, -0.05) is 0 Å². The van der Waals surface area contributed by atoms with Crippen LogP contribution in [0, 0.1) is 0 Å². The van der Waals surface area contributed by atoms with Crippen molar-refractivity contribution in [1.29, 1.82) is 0 Å². The lowest BCUT2D eigenvalue weighted by Gasteiger charge is -2.25. The van der Waals surface area contributed by atoms with Crippen LogP contribution in [-0.2, 0) is 22.5 Å². The summed E-state index contributed by atoms with van der Waals surface area (Å²) in [6.45, 7) is 7.14. The van der Waals surface area contributed by atoms with E-state index in [1.165, 1.54) is 0 Å². The molecule has 0 fully saturated rings. The average Bonchev–Trinajstić information content (AvgIpc) is 2.65. The molecule has 0 bridgehead atoms. The molecule has 0 saturated carbocycles. The van der Waals surface area contributed by atoms with Gasteiger partial charge in [0.1, 0.15) is 0 Å². The van der Waals surface area contributed by atoms with E-state index in [1.807, 2.05) is 33.1 Å². The molecule has 2 nitrogen and oxygen atoms in total. The molecule has 1 aromatic rings. The molecule has 19 heavy (non-hydrogen) atoms. The highest BCUT2D eigenvalue weighted by Gasteiger charge is 2.45. The van der Waals surface area contributed by atoms with Crippen LogP contribution < -0.4 is 5.32 Å². The van der Waals surface area contributed by atoms with Crippen molar-refractivity contribution in [3.05, 3.63) is 21.4 Å². The lowest BCUT2D eigenvalue weighted by Crippen LogP contribution is -2.29. The fourth-order valence-corrected chi connectivity index (χ4v) is 3.98. The van der Waals surface area contributed by atoms with E-state index >= 15 is 0 Å². The summed E-state index contributed by atoms with van der Waals surface area (Å²) >= 11 is 1.56. The van der Waals surface area contributed by atoms with Gasteiger partial charge in [0.05, 0.1) is 17.7 Å². The van der Waals surface area contributed by atoms with Crippen molar-refractivity contribution in [2.45, 2.75) is 51.6 Å². The molecule has 2 heterocycles. The van der Waals surface area contributed by atoms with E-state index in [9.17, 15) is 13.2 Å². The summed E-state index contributed by atoms with van der Waals surface area (Å²) in [4.78, 5) is 1.11. The lowest BCUT2D eigenvalue weighted by molar-refractivity contribution is -0.125. The van der Waals surface area contributed by atoms with Gasteiger partial charge in [0, 0.05) is 17.0 Å². The summed E-state index contributed by atoms with van der Waals surface area (Å²) < 4.78 is 42.4. The van der Waals surface area contributed by atoms with Gasteiger partial charge in [-0.2, -0.15) is 13.2 Å². The first-order valence-corrected chi connectivity index (χ1v) is 7.00. The molecule has 1 aliphatic rings. The van der Waals surface area contributed by atoms with E-state index in [1.54, 1.807) is 11.3 Å². The number of hydrogen-bond acceptors (Lipinski definition) is 3. The van der Waals surface area contributed by atoms with E-state index in [4.69, 9.17) is 4.74 Å². The number of nitrogens with one attached hydrogen (secondary N) is 1. The third-order valence-electron chi connectivity index (χ3n) is 3.17. The number of halogens is 3. The molecule has 0 unspecified atom stereocenters. The SMILES string of the molecule is CC1(C)OC(C)(C)c2c(CNCC(F)(F)F)csc21. The Morgan fingerprint density at radius 1 is 1.21 bits per heavy atom. The Bertz CT molecular complexity index is 477. The third-order valence-corrected chi connectivity index (χ3v) is 4.50. The first-order valence-electron chi connectivity index (χ1n) is 6.12. The van der Waals surface area contributed by atoms with Gasteiger partial charge in [-0.15, -0.1) is 11.3 Å². The Morgan fingerprint density at radius 3 is 2.42 bits per heavy atom. The summed E-state index contributed by atoms with van der Waals surface area (Å²) in [5.41, 5.74) is 1.12. The number of hydrogen-bond donors (Lipinski definition) is 1. The van der Waals surface area contributed by atoms with Gasteiger partial charge in [-0.3, -0.25) is 0 Å². The van der Waals surface area contributed by atoms with Crippen molar-refractivity contribution >= 4 is 11.3 Å². The Morgan fingerprint density at radius 2 is 1.84 bits per heavy atom. The average molecular weight is 293 g/mol. The molecule has 0 aliphatic carbocycles. The molecule has 1 N–H and O–H groups in total. The minimum absolute atomic E-state index is 0.216. The van der Waals surface area contributed by atoms with E-state index in [-0.39, 0.29) is 12.1 Å². The second kappa shape index (κ2) is 4.46. The molecule has 6 heteroatoms. The number of fused-ring (bicyclic) bond motifs is 1. The van der Waals surface area contributed by atoms with Gasteiger partial charge < -0.3 is 10.1 Å². The molecule has 1 aliphatic heterocycles. The van der Waals surface area contributed by atoms with Crippen molar-refractivity contribution in [2.75, 3.05) is 6.54 Å². The topological polar surface area (TPSA) is 21.3 Å². The van der Waals surface area contributed by atoms with Crippen molar-refractivity contribution in [2.24, 2.45) is 0 Å². The highest BCUT2D eigenvalue weighted by molar-refractivity contribution is 7.10. The molecule has 2 rings (SSSR count). The van der Waals surface area contributed by atoms with Crippen LogP contribution in [-0.4, -0.2) is 12.7 Å². The number of alkyl halides is 3. The molecule has 0 spiro atoms. The quantitative estimate of drug-likeness (QED) is 0.912. The van der Waals surface area contributed by atoms with Crippen LogP contribution in [0.1, 0.15) is 43.7 Å². The van der Waals surface area contributed by atoms with Crippen LogP contribution in [0.5, 0.6) is 0 Å². The zero-order valence-electron chi connectivity index (χ0n) is 11.4. The monoisotopic (exact) mass is 293 g/mol. The number of thiophene rings is 1. The van der Waals surface area contributed by atoms with Gasteiger partial charge in [-0.05, 0) is 38.6 Å². The van der Waals surface area contributed by atoms with Crippen LogP contribution in [0.3, 0.4) is 0 Å². The Hall–Kier alpha value is -0.590. The van der Waals surface area contributed by atoms with Gasteiger partial charge in [0.2, 0.25) is 0 Å². The van der Waals surface area contributed by atoms with Gasteiger partial charge >= 0.3 is 6.18 Å². The maximum Gasteiger partial charge on any atom is 0.401 e. The van der Waals surface area contributed by atoms with Gasteiger partial charge in [0.15, 0.2) is 0 Å². The predicted octanol–water partition coefficient (Wildman–Crippen LogP) is 3.90. The second-order valence-electron chi connectivity index (χ2n) is 5.81. The molecule has 1 aromatic heterocycles. The highest BCUT2D eigenvalue weighted by atomic mass is 32.1. The smallest absolute Gasteiger partial charge is 0.359 e. The van der Waals surface area contributed by atoms with E-state index in [0.29, 0.717) is 0 Å². The molecule has 0 aromatic carbocycles. The molecule has 0 atom stereocenters. The Balaban J connectivity index is 2.18. The predicted molar refractivity (Wildman–Crippen MR) is 69.2 cm³/mol. The largest absolute Gasteiger partial charge is 0.401 e. The van der Waals surface area contributed by atoms with Crippen LogP contribution in [0.15, 0.2) is 5.38 Å². The van der Waals surface area contributed by atoms with Crippen molar-refractivity contribution in [3.63, 3.8) is 0 Å². The van der Waals surface area contributed by atoms with Gasteiger partial charge in [-0.25, -0.2) is 0 Å². The number of rotatable bonds is 3. The van der Waals surface area contributed by atoms with Crippen molar-refractivity contribution in [1.82, 2.24) is 5.32 Å². The van der Waals surface area contributed by atoms with Crippen LogP contribution in [0.2, 0.25) is 0 Å². The van der Waals surface area contributed by atoms with E-state index < -0.39 is 18.3 Å². The Kier molecular flexibility index (Phi) is 3.48. The molecular weight excluding hydrogens is 275 g/mol. The molecule has 0 amide bonds. The number of ether oxygens (including phenoxy) is 1. The zero-order valence-corrected chi connectivity index (χ0v) is 12.3. The summed E-state index contributed by atoms with van der Waals surface area (Å²) in [5, 5.41) is 4.38. The summed E-state index contributed by atoms with van der Waals surface area (Å²) in [6, 6.07) is 0. The fraction of sp³-hybridized carbons (Fsp3) is 0.692. The molecule has 108 valence electrons. The fourth-order valence-electron chi connectivity index (χ4n) is 2.70. The molecule has 0 radical (unpaired) electrons. The minimum Gasteiger partial charge on any atom is -0.359 e. The maximum atomic E-state index is 12.1. The van der Waals surface area contributed by atoms with E-state index in [2.05, 4.69) is 5.32 Å². The van der Waals surface area contributed by atoms with Gasteiger partial charge in [0.25, 0.3) is 0 Å². The van der Waals surface area contributed by atoms with Crippen molar-refractivity contribution < 1.29 is 17.9 Å². The van der Waals surface area contributed by atoms with E-state index in [0.717, 1.165) is 16.0 Å². The van der Waals surface area contributed by atoms with Crippen molar-refractivity contribution in [3.8, 4) is 0 Å². The molecule has 0 saturated heterocycles. The minimum atomic E-state index is -4.18. The summed E-state index contributed by atoms with van der Waals surface area (Å²) in [7, 11) is 0. The lowest BCUT2D eigenvalue weighted by atomic mass is 9.94. The third kappa shape index (κ3) is 2.95. The summed E-state index contributed by atoms with van der Waals surface area (Å²) in [6.07, 6.45) is -4.18. The first-order chi connectivity index (χ1) is 8.53. The van der Waals surface area contributed by atoms with Crippen LogP contribution in [0.4, 0.5) is 13.2 Å². The Labute approximate surface area is 115 Å². The van der Waals surface area contributed by atoms with Crippen LogP contribution in [0.25, 0.3) is 0 Å². The normalized spacial score (nSPS) is 20.6. The van der Waals surface area contributed by atoms with Crippen LogP contribution >= 0.6 is 11.3 Å². The maximum absolute atomic E-state index is 12.1. The molecular formula is C13H18F3NOS. The second-order valence-corrected chi connectivity index (χ2v) is 6.69.